The van der Waals surface area contributed by atoms with Crippen LogP contribution in [-0.4, -0.2) is 40.6 Å². The summed E-state index contributed by atoms with van der Waals surface area (Å²) in [5, 5.41) is 2.77. The molecule has 29 heavy (non-hydrogen) atoms. The van der Waals surface area contributed by atoms with Crippen LogP contribution in [0, 0.1) is 0 Å². The molecule has 148 valence electrons. The summed E-state index contributed by atoms with van der Waals surface area (Å²) in [6.45, 7) is 1.76. The first-order chi connectivity index (χ1) is 14.1. The van der Waals surface area contributed by atoms with Crippen LogP contribution in [0.3, 0.4) is 0 Å². The van der Waals surface area contributed by atoms with Gasteiger partial charge in [0.05, 0.1) is 22.0 Å². The summed E-state index contributed by atoms with van der Waals surface area (Å²) in [7, 11) is 0. The fourth-order valence-electron chi connectivity index (χ4n) is 3.63. The highest BCUT2D eigenvalue weighted by molar-refractivity contribution is 8.15. The van der Waals surface area contributed by atoms with Gasteiger partial charge >= 0.3 is 0 Å². The zero-order valence-electron chi connectivity index (χ0n) is 15.5. The van der Waals surface area contributed by atoms with Crippen LogP contribution in [0.15, 0.2) is 48.5 Å². The summed E-state index contributed by atoms with van der Waals surface area (Å²) in [6.07, 6.45) is 1.62. The molecule has 3 heterocycles. The van der Waals surface area contributed by atoms with Crippen LogP contribution in [0.4, 0.5) is 9.93 Å². The Balaban J connectivity index is 1.19. The Bertz CT molecular complexity index is 1030. The van der Waals surface area contributed by atoms with Crippen molar-refractivity contribution in [2.45, 2.75) is 24.2 Å². The number of fused-ring (bicyclic) bond motifs is 1. The van der Waals surface area contributed by atoms with Crippen LogP contribution in [0.5, 0.6) is 5.75 Å². The third-order valence-electron chi connectivity index (χ3n) is 5.11. The van der Waals surface area contributed by atoms with Gasteiger partial charge in [0.2, 0.25) is 5.91 Å². The van der Waals surface area contributed by atoms with Crippen molar-refractivity contribution in [1.29, 1.82) is 0 Å². The predicted octanol–water partition coefficient (Wildman–Crippen LogP) is 3.85. The number of ether oxygens (including phenoxy) is 1. The molecule has 2 aromatic carbocycles. The molecule has 5 rings (SSSR count). The van der Waals surface area contributed by atoms with E-state index in [2.05, 4.69) is 16.3 Å². The van der Waals surface area contributed by atoms with Crippen LogP contribution >= 0.6 is 23.1 Å². The molecule has 2 fully saturated rings. The highest BCUT2D eigenvalue weighted by Gasteiger charge is 2.31. The van der Waals surface area contributed by atoms with E-state index < -0.39 is 0 Å². The number of thiazole rings is 1. The van der Waals surface area contributed by atoms with Gasteiger partial charge in [-0.15, -0.1) is 0 Å². The van der Waals surface area contributed by atoms with Crippen LogP contribution in [0.25, 0.3) is 10.2 Å². The Morgan fingerprint density at radius 3 is 2.72 bits per heavy atom. The Morgan fingerprint density at radius 2 is 1.97 bits per heavy atom. The maximum Gasteiger partial charge on any atom is 0.286 e. The summed E-state index contributed by atoms with van der Waals surface area (Å²) < 4.78 is 7.37. The van der Waals surface area contributed by atoms with Gasteiger partial charge in [0.1, 0.15) is 11.9 Å². The van der Waals surface area contributed by atoms with Gasteiger partial charge in [-0.3, -0.25) is 14.9 Å². The summed E-state index contributed by atoms with van der Waals surface area (Å²) >= 11 is 2.78. The molecule has 8 heteroatoms. The molecule has 2 saturated heterocycles. The SMILES string of the molecule is O=C1NC(=O)C(Cc2ccc(OC3CCN(c4nc5ccccc5s4)C3)cc2)S1. The van der Waals surface area contributed by atoms with E-state index in [9.17, 15) is 9.59 Å². The number of aromatic nitrogens is 1. The molecule has 0 saturated carbocycles. The number of hydrogen-bond donors (Lipinski definition) is 1. The smallest absolute Gasteiger partial charge is 0.286 e. The zero-order valence-corrected chi connectivity index (χ0v) is 17.2. The van der Waals surface area contributed by atoms with Crippen LogP contribution in [0.2, 0.25) is 0 Å². The molecule has 3 aromatic rings. The monoisotopic (exact) mass is 425 g/mol. The molecule has 2 atom stereocenters. The Kier molecular flexibility index (Phi) is 4.89. The van der Waals surface area contributed by atoms with Gasteiger partial charge in [-0.1, -0.05) is 47.4 Å². The van der Waals surface area contributed by atoms with Gasteiger partial charge in [0.25, 0.3) is 5.24 Å². The lowest BCUT2D eigenvalue weighted by Crippen LogP contribution is -2.25. The number of benzene rings is 2. The van der Waals surface area contributed by atoms with E-state index >= 15 is 0 Å². The van der Waals surface area contributed by atoms with Crippen molar-refractivity contribution in [3.63, 3.8) is 0 Å². The quantitative estimate of drug-likeness (QED) is 0.670. The number of nitrogens with zero attached hydrogens (tertiary/aromatic N) is 2. The van der Waals surface area contributed by atoms with Gasteiger partial charge in [-0.05, 0) is 36.2 Å². The lowest BCUT2D eigenvalue weighted by Gasteiger charge is -2.16. The molecule has 1 aromatic heterocycles. The largest absolute Gasteiger partial charge is 0.489 e. The number of imide groups is 1. The third-order valence-corrected chi connectivity index (χ3v) is 7.19. The minimum absolute atomic E-state index is 0.127. The fourth-order valence-corrected chi connectivity index (χ4v) is 5.49. The normalized spacial score (nSPS) is 21.7. The average molecular weight is 426 g/mol. The topological polar surface area (TPSA) is 71.5 Å². The molecule has 0 radical (unpaired) electrons. The van der Waals surface area contributed by atoms with Gasteiger partial charge in [0.15, 0.2) is 5.13 Å². The van der Waals surface area contributed by atoms with Gasteiger partial charge in [-0.25, -0.2) is 4.98 Å². The zero-order chi connectivity index (χ0) is 19.8. The molecule has 0 spiro atoms. The number of hydrogen-bond acceptors (Lipinski definition) is 7. The van der Waals surface area contributed by atoms with Crippen molar-refractivity contribution in [3.8, 4) is 5.75 Å². The van der Waals surface area contributed by atoms with E-state index in [-0.39, 0.29) is 22.5 Å². The lowest BCUT2D eigenvalue weighted by molar-refractivity contribution is -0.118. The van der Waals surface area contributed by atoms with Crippen molar-refractivity contribution < 1.29 is 14.3 Å². The minimum atomic E-state index is -0.341. The highest BCUT2D eigenvalue weighted by Crippen LogP contribution is 2.31. The van der Waals surface area contributed by atoms with E-state index in [1.807, 2.05) is 42.5 Å². The van der Waals surface area contributed by atoms with E-state index in [4.69, 9.17) is 9.72 Å². The van der Waals surface area contributed by atoms with Gasteiger partial charge in [-0.2, -0.15) is 0 Å². The number of nitrogens with one attached hydrogen (secondary N) is 1. The number of thioether (sulfide) groups is 1. The number of carbonyl (C=O) groups is 2. The van der Waals surface area contributed by atoms with Crippen molar-refractivity contribution in [2.24, 2.45) is 0 Å². The van der Waals surface area contributed by atoms with Crippen LogP contribution < -0.4 is 15.0 Å². The second-order valence-electron chi connectivity index (χ2n) is 7.17. The molecule has 1 N–H and O–H groups in total. The Hall–Kier alpha value is -2.58. The van der Waals surface area contributed by atoms with Crippen molar-refractivity contribution >= 4 is 49.6 Å². The number of carbonyl (C=O) groups excluding carboxylic acids is 2. The first kappa shape index (κ1) is 18.4. The summed E-state index contributed by atoms with van der Waals surface area (Å²) in [6, 6.07) is 16.0. The minimum Gasteiger partial charge on any atom is -0.489 e. The maximum absolute atomic E-state index is 11.7. The summed E-state index contributed by atoms with van der Waals surface area (Å²) in [5.41, 5.74) is 2.06. The van der Waals surface area contributed by atoms with Gasteiger partial charge < -0.3 is 9.64 Å². The standard InChI is InChI=1S/C21H19N3O3S2/c25-19-18(29-21(26)23-19)11-13-5-7-14(8-6-13)27-15-9-10-24(12-15)20-22-16-3-1-2-4-17(16)28-20/h1-8,15,18H,9-12H2,(H,23,25,26). The number of rotatable bonds is 5. The fraction of sp³-hybridized carbons (Fsp3) is 0.286. The Morgan fingerprint density at radius 1 is 1.14 bits per heavy atom. The maximum atomic E-state index is 11.7. The van der Waals surface area contributed by atoms with Crippen molar-refractivity contribution in [1.82, 2.24) is 10.3 Å². The van der Waals surface area contributed by atoms with E-state index in [1.165, 1.54) is 4.70 Å². The molecule has 2 amide bonds. The van der Waals surface area contributed by atoms with Crippen LogP contribution in [0.1, 0.15) is 12.0 Å². The van der Waals surface area contributed by atoms with E-state index in [0.717, 1.165) is 53.2 Å². The first-order valence-corrected chi connectivity index (χ1v) is 11.2. The van der Waals surface area contributed by atoms with Crippen molar-refractivity contribution in [2.75, 3.05) is 18.0 Å². The summed E-state index contributed by atoms with van der Waals surface area (Å²) in [5.74, 6) is 0.616. The number of anilines is 1. The van der Waals surface area contributed by atoms with E-state index in [1.54, 1.807) is 11.3 Å². The molecule has 6 nitrogen and oxygen atoms in total. The number of amides is 2. The molecule has 2 unspecified atom stereocenters. The highest BCUT2D eigenvalue weighted by atomic mass is 32.2. The summed E-state index contributed by atoms with van der Waals surface area (Å²) in [4.78, 5) is 30.0. The number of para-hydroxylation sites is 1. The average Bonchev–Trinajstić information content (AvgIpc) is 3.42. The second kappa shape index (κ2) is 7.68. The second-order valence-corrected chi connectivity index (χ2v) is 9.35. The molecule has 2 aliphatic rings. The van der Waals surface area contributed by atoms with Gasteiger partial charge in [0, 0.05) is 13.0 Å². The van der Waals surface area contributed by atoms with Crippen molar-refractivity contribution in [3.05, 3.63) is 54.1 Å². The van der Waals surface area contributed by atoms with Crippen LogP contribution in [-0.2, 0) is 11.2 Å². The third kappa shape index (κ3) is 3.95. The predicted molar refractivity (Wildman–Crippen MR) is 116 cm³/mol. The Labute approximate surface area is 176 Å². The molecule has 0 bridgehead atoms. The molecular formula is C21H19N3O3S2. The molecular weight excluding hydrogens is 406 g/mol. The molecule has 0 aliphatic carbocycles. The molecule has 2 aliphatic heterocycles. The van der Waals surface area contributed by atoms with E-state index in [0.29, 0.717) is 6.42 Å². The lowest BCUT2D eigenvalue weighted by atomic mass is 10.1. The first-order valence-electron chi connectivity index (χ1n) is 9.52.